The molecule has 0 atom stereocenters. The predicted octanol–water partition coefficient (Wildman–Crippen LogP) is 3.01. The van der Waals surface area contributed by atoms with Gasteiger partial charge in [0.25, 0.3) is 9.05 Å². The molecule has 0 amide bonds. The quantitative estimate of drug-likeness (QED) is 0.785. The number of alkyl halides is 1. The highest BCUT2D eigenvalue weighted by Gasteiger charge is 2.41. The van der Waals surface area contributed by atoms with Crippen molar-refractivity contribution in [2.75, 3.05) is 6.67 Å². The fourth-order valence-electron chi connectivity index (χ4n) is 2.20. The van der Waals surface area contributed by atoms with Crippen molar-refractivity contribution in [3.63, 3.8) is 0 Å². The monoisotopic (exact) mass is 262 g/mol. The van der Waals surface area contributed by atoms with Gasteiger partial charge in [-0.1, -0.05) is 24.6 Å². The van der Waals surface area contributed by atoms with Gasteiger partial charge in [0.15, 0.2) is 0 Å². The Labute approximate surface area is 98.8 Å². The highest BCUT2D eigenvalue weighted by atomic mass is 35.7. The van der Waals surface area contributed by atoms with Crippen LogP contribution in [0.5, 0.6) is 0 Å². The Balaban J connectivity index is 2.57. The van der Waals surface area contributed by atoms with Gasteiger partial charge in [0.1, 0.15) is 0 Å². The zero-order chi connectivity index (χ0) is 11.8. The fraction of sp³-hybridized carbons (Fsp3) is 0.455. The summed E-state index contributed by atoms with van der Waals surface area (Å²) in [5.41, 5.74) is -0.0998. The van der Waals surface area contributed by atoms with Crippen LogP contribution in [0.3, 0.4) is 0 Å². The first-order valence-corrected chi connectivity index (χ1v) is 7.41. The Bertz CT molecular complexity index is 489. The van der Waals surface area contributed by atoms with Crippen molar-refractivity contribution in [3.8, 4) is 0 Å². The van der Waals surface area contributed by atoms with E-state index in [1.807, 2.05) is 0 Å². The summed E-state index contributed by atoms with van der Waals surface area (Å²) in [6, 6.07) is 6.42. The highest BCUT2D eigenvalue weighted by Crippen LogP contribution is 2.46. The van der Waals surface area contributed by atoms with Crippen molar-refractivity contribution in [1.82, 2.24) is 0 Å². The molecule has 88 valence electrons. The van der Waals surface area contributed by atoms with Gasteiger partial charge in [0, 0.05) is 16.1 Å². The first kappa shape index (κ1) is 11.9. The summed E-state index contributed by atoms with van der Waals surface area (Å²) in [5.74, 6) is 0. The molecule has 1 aliphatic rings. The van der Waals surface area contributed by atoms with Crippen molar-refractivity contribution in [3.05, 3.63) is 29.8 Å². The molecule has 0 radical (unpaired) electrons. The third kappa shape index (κ3) is 1.84. The molecule has 0 bridgehead atoms. The van der Waals surface area contributed by atoms with Gasteiger partial charge in [-0.2, -0.15) is 0 Å². The average Bonchev–Trinajstić information content (AvgIpc) is 2.16. The summed E-state index contributed by atoms with van der Waals surface area (Å²) < 4.78 is 35.9. The molecule has 1 aromatic rings. The number of benzene rings is 1. The Kier molecular flexibility index (Phi) is 2.97. The molecule has 0 saturated heterocycles. The molecule has 1 aliphatic carbocycles. The third-order valence-corrected chi connectivity index (χ3v) is 4.67. The van der Waals surface area contributed by atoms with Gasteiger partial charge >= 0.3 is 0 Å². The largest absolute Gasteiger partial charge is 0.261 e. The second kappa shape index (κ2) is 4.00. The van der Waals surface area contributed by atoms with E-state index in [1.165, 1.54) is 6.07 Å². The minimum atomic E-state index is -3.80. The second-order valence-electron chi connectivity index (χ2n) is 4.20. The van der Waals surface area contributed by atoms with E-state index in [0.29, 0.717) is 18.4 Å². The standard InChI is InChI=1S/C11H12ClFO2S/c12-16(14,15)10-5-2-1-4-9(10)11(8-13)6-3-7-11/h1-2,4-5H,3,6-8H2. The van der Waals surface area contributed by atoms with Crippen molar-refractivity contribution in [1.29, 1.82) is 0 Å². The first-order chi connectivity index (χ1) is 7.49. The fourth-order valence-corrected chi connectivity index (χ4v) is 3.39. The third-order valence-electron chi connectivity index (χ3n) is 3.29. The summed E-state index contributed by atoms with van der Waals surface area (Å²) in [6.07, 6.45) is 2.31. The van der Waals surface area contributed by atoms with Crippen molar-refractivity contribution >= 4 is 19.7 Å². The molecule has 0 heterocycles. The highest BCUT2D eigenvalue weighted by molar-refractivity contribution is 8.13. The van der Waals surface area contributed by atoms with Crippen LogP contribution in [0.25, 0.3) is 0 Å². The number of hydrogen-bond acceptors (Lipinski definition) is 2. The van der Waals surface area contributed by atoms with Crippen LogP contribution in [-0.4, -0.2) is 15.1 Å². The van der Waals surface area contributed by atoms with E-state index in [0.717, 1.165) is 6.42 Å². The molecule has 0 N–H and O–H groups in total. The van der Waals surface area contributed by atoms with E-state index >= 15 is 0 Å². The summed E-state index contributed by atoms with van der Waals surface area (Å²) in [6.45, 7) is -0.531. The summed E-state index contributed by atoms with van der Waals surface area (Å²) in [5, 5.41) is 0. The van der Waals surface area contributed by atoms with Gasteiger partial charge in [0.05, 0.1) is 11.6 Å². The minimum Gasteiger partial charge on any atom is -0.250 e. The molecule has 0 spiro atoms. The molecule has 5 heteroatoms. The van der Waals surface area contributed by atoms with Crippen molar-refractivity contribution in [2.24, 2.45) is 0 Å². The molecular weight excluding hydrogens is 251 g/mol. The van der Waals surface area contributed by atoms with Crippen LogP contribution < -0.4 is 0 Å². The maximum Gasteiger partial charge on any atom is 0.261 e. The Morgan fingerprint density at radius 3 is 2.38 bits per heavy atom. The van der Waals surface area contributed by atoms with Crippen LogP contribution in [0.2, 0.25) is 0 Å². The normalized spacial score (nSPS) is 19.1. The van der Waals surface area contributed by atoms with E-state index in [4.69, 9.17) is 10.7 Å². The number of rotatable bonds is 3. The Morgan fingerprint density at radius 1 is 1.31 bits per heavy atom. The van der Waals surface area contributed by atoms with Gasteiger partial charge in [-0.3, -0.25) is 4.39 Å². The lowest BCUT2D eigenvalue weighted by Gasteiger charge is -2.40. The molecule has 0 unspecified atom stereocenters. The van der Waals surface area contributed by atoms with E-state index in [2.05, 4.69) is 0 Å². The lowest BCUT2D eigenvalue weighted by molar-refractivity contribution is 0.181. The van der Waals surface area contributed by atoms with Gasteiger partial charge < -0.3 is 0 Å². The van der Waals surface area contributed by atoms with Crippen LogP contribution in [-0.2, 0) is 14.5 Å². The number of hydrogen-bond donors (Lipinski definition) is 0. The molecule has 1 fully saturated rings. The second-order valence-corrected chi connectivity index (χ2v) is 6.74. The Morgan fingerprint density at radius 2 is 1.94 bits per heavy atom. The molecule has 0 aliphatic heterocycles. The average molecular weight is 263 g/mol. The lowest BCUT2D eigenvalue weighted by Crippen LogP contribution is -2.37. The van der Waals surface area contributed by atoms with Crippen LogP contribution in [0.15, 0.2) is 29.2 Å². The number of halogens is 2. The van der Waals surface area contributed by atoms with Crippen molar-refractivity contribution in [2.45, 2.75) is 29.6 Å². The van der Waals surface area contributed by atoms with Gasteiger partial charge in [-0.15, -0.1) is 0 Å². The molecule has 2 nitrogen and oxygen atoms in total. The van der Waals surface area contributed by atoms with Crippen molar-refractivity contribution < 1.29 is 12.8 Å². The summed E-state index contributed by atoms with van der Waals surface area (Å²) in [4.78, 5) is 0.0500. The Hall–Kier alpha value is -0.610. The van der Waals surface area contributed by atoms with Crippen LogP contribution in [0.1, 0.15) is 24.8 Å². The first-order valence-electron chi connectivity index (χ1n) is 5.10. The summed E-state index contributed by atoms with van der Waals surface area (Å²) >= 11 is 0. The van der Waals surface area contributed by atoms with E-state index in [-0.39, 0.29) is 4.90 Å². The maximum absolute atomic E-state index is 13.1. The van der Waals surface area contributed by atoms with E-state index in [1.54, 1.807) is 18.2 Å². The SMILES string of the molecule is O=S(=O)(Cl)c1ccccc1C1(CF)CCC1. The maximum atomic E-state index is 13.1. The van der Waals surface area contributed by atoms with Gasteiger partial charge in [0.2, 0.25) is 0 Å². The lowest BCUT2D eigenvalue weighted by atomic mass is 9.65. The van der Waals surface area contributed by atoms with Crippen LogP contribution >= 0.6 is 10.7 Å². The van der Waals surface area contributed by atoms with Crippen LogP contribution in [0, 0.1) is 0 Å². The smallest absolute Gasteiger partial charge is 0.250 e. The molecule has 1 saturated carbocycles. The molecule has 2 rings (SSSR count). The van der Waals surface area contributed by atoms with E-state index < -0.39 is 21.1 Å². The molecular formula is C11H12ClFO2S. The molecule has 0 aromatic heterocycles. The topological polar surface area (TPSA) is 34.1 Å². The predicted molar refractivity (Wildman–Crippen MR) is 61.0 cm³/mol. The molecule has 1 aromatic carbocycles. The van der Waals surface area contributed by atoms with Gasteiger partial charge in [-0.25, -0.2) is 8.42 Å². The zero-order valence-electron chi connectivity index (χ0n) is 8.62. The molecule has 16 heavy (non-hydrogen) atoms. The summed E-state index contributed by atoms with van der Waals surface area (Å²) in [7, 11) is 1.56. The van der Waals surface area contributed by atoms with E-state index in [9.17, 15) is 12.8 Å². The minimum absolute atomic E-state index is 0.0500. The van der Waals surface area contributed by atoms with Crippen LogP contribution in [0.4, 0.5) is 4.39 Å². The van der Waals surface area contributed by atoms with Gasteiger partial charge in [-0.05, 0) is 24.5 Å². The zero-order valence-corrected chi connectivity index (χ0v) is 10.2.